The Kier molecular flexibility index (Phi) is 3.02. The van der Waals surface area contributed by atoms with Crippen LogP contribution in [0.3, 0.4) is 0 Å². The van der Waals surface area contributed by atoms with Crippen molar-refractivity contribution in [1.82, 2.24) is 10.2 Å². The summed E-state index contributed by atoms with van der Waals surface area (Å²) < 4.78 is 5.22. The van der Waals surface area contributed by atoms with E-state index >= 15 is 0 Å². The molecule has 0 aliphatic carbocycles. The maximum atomic E-state index is 11.9. The highest BCUT2D eigenvalue weighted by Crippen LogP contribution is 2.17. The van der Waals surface area contributed by atoms with E-state index in [0.29, 0.717) is 17.4 Å². The van der Waals surface area contributed by atoms with Crippen molar-refractivity contribution in [1.29, 1.82) is 0 Å². The summed E-state index contributed by atoms with van der Waals surface area (Å²) in [5, 5.41) is 3.48. The summed E-state index contributed by atoms with van der Waals surface area (Å²) in [5.41, 5.74) is -0.202. The van der Waals surface area contributed by atoms with Gasteiger partial charge in [-0.2, -0.15) is 0 Å². The molecule has 0 bridgehead atoms. The van der Waals surface area contributed by atoms with Crippen molar-refractivity contribution in [2.24, 2.45) is 0 Å². The minimum absolute atomic E-state index is 0.202. The van der Waals surface area contributed by atoms with Gasteiger partial charge in [-0.05, 0) is 38.2 Å². The highest BCUT2D eigenvalue weighted by atomic mass is 32.1. The molecule has 90 valence electrons. The molecule has 5 heteroatoms. The van der Waals surface area contributed by atoms with Crippen LogP contribution in [-0.2, 0) is 0 Å². The maximum absolute atomic E-state index is 11.9. The van der Waals surface area contributed by atoms with Crippen LogP contribution in [0.25, 0.3) is 0 Å². The fourth-order valence-corrected chi connectivity index (χ4v) is 2.07. The van der Waals surface area contributed by atoms with E-state index in [4.69, 9.17) is 17.0 Å². The van der Waals surface area contributed by atoms with Gasteiger partial charge < -0.3 is 10.1 Å². The van der Waals surface area contributed by atoms with Gasteiger partial charge >= 0.3 is 6.09 Å². The third-order valence-corrected chi connectivity index (χ3v) is 2.74. The quantitative estimate of drug-likeness (QED) is 0.775. The van der Waals surface area contributed by atoms with Gasteiger partial charge in [0.25, 0.3) is 0 Å². The number of carbonyl (C=O) groups excluding carboxylic acids is 1. The lowest BCUT2D eigenvalue weighted by atomic mass is 10.1. The maximum Gasteiger partial charge on any atom is 0.421 e. The van der Waals surface area contributed by atoms with Crippen LogP contribution in [0, 0.1) is 0 Å². The van der Waals surface area contributed by atoms with Crippen LogP contribution in [0.5, 0.6) is 5.75 Å². The summed E-state index contributed by atoms with van der Waals surface area (Å²) >= 11 is 5.10. The van der Waals surface area contributed by atoms with E-state index in [0.717, 1.165) is 0 Å². The van der Waals surface area contributed by atoms with Gasteiger partial charge in [0, 0.05) is 0 Å². The monoisotopic (exact) mass is 250 g/mol. The molecule has 1 saturated heterocycles. The second-order valence-corrected chi connectivity index (χ2v) is 4.97. The number of amides is 1. The minimum atomic E-state index is -0.445. The summed E-state index contributed by atoms with van der Waals surface area (Å²) in [6.45, 7) is 4.47. The average Bonchev–Trinajstić information content (AvgIpc) is 2.54. The van der Waals surface area contributed by atoms with Crippen LogP contribution >= 0.6 is 12.2 Å². The second-order valence-electron chi connectivity index (χ2n) is 4.58. The predicted octanol–water partition coefficient (Wildman–Crippen LogP) is 2.15. The molecule has 17 heavy (non-hydrogen) atoms. The molecule has 0 radical (unpaired) electrons. The van der Waals surface area contributed by atoms with Gasteiger partial charge in [0.2, 0.25) is 0 Å². The van der Waals surface area contributed by atoms with E-state index in [1.807, 2.05) is 32.0 Å². The zero-order valence-corrected chi connectivity index (χ0v) is 10.6. The lowest BCUT2D eigenvalue weighted by Gasteiger charge is -2.16. The smallest absolute Gasteiger partial charge is 0.410 e. The van der Waals surface area contributed by atoms with Gasteiger partial charge in [-0.3, -0.25) is 4.90 Å². The Morgan fingerprint density at radius 1 is 1.41 bits per heavy atom. The molecule has 1 amide bonds. The molecule has 0 atom stereocenters. The third-order valence-electron chi connectivity index (χ3n) is 2.41. The highest BCUT2D eigenvalue weighted by Gasteiger charge is 2.36. The van der Waals surface area contributed by atoms with Crippen LogP contribution in [0.2, 0.25) is 0 Å². The third kappa shape index (κ3) is 2.74. The average molecular weight is 250 g/mol. The molecule has 1 aromatic rings. The number of carbonyl (C=O) groups is 1. The van der Waals surface area contributed by atoms with E-state index in [1.165, 1.54) is 4.90 Å². The summed E-state index contributed by atoms with van der Waals surface area (Å²) in [7, 11) is 0. The van der Waals surface area contributed by atoms with Crippen molar-refractivity contribution < 1.29 is 9.53 Å². The van der Waals surface area contributed by atoms with E-state index in [2.05, 4.69) is 5.32 Å². The van der Waals surface area contributed by atoms with Crippen molar-refractivity contribution in [2.75, 3.05) is 6.54 Å². The fraction of sp³-hybridized carbons (Fsp3) is 0.333. The first-order valence-electron chi connectivity index (χ1n) is 5.34. The number of hydrogen-bond donors (Lipinski definition) is 1. The van der Waals surface area contributed by atoms with Crippen molar-refractivity contribution in [3.8, 4) is 5.75 Å². The van der Waals surface area contributed by atoms with Crippen LogP contribution in [0.1, 0.15) is 13.8 Å². The van der Waals surface area contributed by atoms with Crippen LogP contribution in [0.4, 0.5) is 4.79 Å². The van der Waals surface area contributed by atoms with E-state index in [-0.39, 0.29) is 5.54 Å². The summed E-state index contributed by atoms with van der Waals surface area (Å²) in [5.74, 6) is 0.519. The molecule has 1 aliphatic heterocycles. The number of thiocarbonyl (C=S) groups is 1. The Balaban J connectivity index is 2.05. The number of nitrogens with one attached hydrogen (secondary N) is 1. The zero-order chi connectivity index (χ0) is 12.5. The van der Waals surface area contributed by atoms with E-state index < -0.39 is 6.09 Å². The molecular formula is C12H14N2O2S. The summed E-state index contributed by atoms with van der Waals surface area (Å²) in [6, 6.07) is 8.95. The number of hydrogen-bond acceptors (Lipinski definition) is 3. The molecule has 1 fully saturated rings. The van der Waals surface area contributed by atoms with Gasteiger partial charge in [-0.15, -0.1) is 0 Å². The van der Waals surface area contributed by atoms with E-state index in [9.17, 15) is 4.79 Å². The fourth-order valence-electron chi connectivity index (χ4n) is 1.66. The Bertz CT molecular complexity index is 445. The number of para-hydroxylation sites is 1. The minimum Gasteiger partial charge on any atom is -0.410 e. The number of ether oxygens (including phenoxy) is 1. The Morgan fingerprint density at radius 2 is 2.06 bits per heavy atom. The van der Waals surface area contributed by atoms with Crippen molar-refractivity contribution in [2.45, 2.75) is 19.4 Å². The van der Waals surface area contributed by atoms with E-state index in [1.54, 1.807) is 12.1 Å². The zero-order valence-electron chi connectivity index (χ0n) is 9.77. The molecule has 1 heterocycles. The molecule has 1 aliphatic rings. The number of benzene rings is 1. The first-order chi connectivity index (χ1) is 7.98. The molecule has 2 rings (SSSR count). The van der Waals surface area contributed by atoms with Gasteiger partial charge in [0.15, 0.2) is 5.11 Å². The molecule has 0 aromatic heterocycles. The molecular weight excluding hydrogens is 236 g/mol. The normalized spacial score (nSPS) is 17.8. The largest absolute Gasteiger partial charge is 0.421 e. The molecule has 1 aromatic carbocycles. The topological polar surface area (TPSA) is 41.6 Å². The molecule has 4 nitrogen and oxygen atoms in total. The summed E-state index contributed by atoms with van der Waals surface area (Å²) in [6.07, 6.45) is -0.445. The van der Waals surface area contributed by atoms with Gasteiger partial charge in [-0.1, -0.05) is 18.2 Å². The van der Waals surface area contributed by atoms with Gasteiger partial charge in [0.05, 0.1) is 12.1 Å². The van der Waals surface area contributed by atoms with Gasteiger partial charge in [0.1, 0.15) is 5.75 Å². The highest BCUT2D eigenvalue weighted by molar-refractivity contribution is 7.80. The first-order valence-corrected chi connectivity index (χ1v) is 5.75. The standard InChI is InChI=1S/C12H14N2O2S/c1-12(2)8-14(10(17)13-12)11(15)16-9-6-4-3-5-7-9/h3-7H,8H2,1-2H3,(H,13,17). The number of nitrogens with zero attached hydrogens (tertiary/aromatic N) is 1. The van der Waals surface area contributed by atoms with Crippen LogP contribution < -0.4 is 10.1 Å². The SMILES string of the molecule is CC1(C)CN(C(=O)Oc2ccccc2)C(=S)N1. The second kappa shape index (κ2) is 4.33. The molecule has 1 N–H and O–H groups in total. The van der Waals surface area contributed by atoms with Crippen molar-refractivity contribution >= 4 is 23.4 Å². The lowest BCUT2D eigenvalue weighted by Crippen LogP contribution is -2.36. The molecule has 0 unspecified atom stereocenters. The first kappa shape index (κ1) is 11.9. The molecule has 0 spiro atoms. The van der Waals surface area contributed by atoms with Crippen molar-refractivity contribution in [3.63, 3.8) is 0 Å². The Hall–Kier alpha value is -1.62. The predicted molar refractivity (Wildman–Crippen MR) is 69.0 cm³/mol. The van der Waals surface area contributed by atoms with Crippen molar-refractivity contribution in [3.05, 3.63) is 30.3 Å². The Labute approximate surface area is 106 Å². The summed E-state index contributed by atoms with van der Waals surface area (Å²) in [4.78, 5) is 13.3. The number of rotatable bonds is 1. The van der Waals surface area contributed by atoms with Crippen LogP contribution in [-0.4, -0.2) is 28.2 Å². The Morgan fingerprint density at radius 3 is 2.59 bits per heavy atom. The van der Waals surface area contributed by atoms with Crippen LogP contribution in [0.15, 0.2) is 30.3 Å². The lowest BCUT2D eigenvalue weighted by molar-refractivity contribution is 0.176. The van der Waals surface area contributed by atoms with Gasteiger partial charge in [-0.25, -0.2) is 4.79 Å². The molecule has 0 saturated carbocycles.